The minimum Gasteiger partial charge on any atom is -0.480 e. The lowest BCUT2D eigenvalue weighted by molar-refractivity contribution is -0.144. The van der Waals surface area contributed by atoms with Crippen molar-refractivity contribution in [1.29, 1.82) is 0 Å². The lowest BCUT2D eigenvalue weighted by Gasteiger charge is -2.40. The highest BCUT2D eigenvalue weighted by atomic mass is 16.5. The number of ether oxygens (including phenoxy) is 1. The number of morpholine rings is 1. The molecule has 1 N–H and O–H groups in total. The number of aliphatic carboxylic acids is 1. The first kappa shape index (κ1) is 12.1. The van der Waals surface area contributed by atoms with Crippen LogP contribution >= 0.6 is 0 Å². The molecule has 0 amide bonds. The fourth-order valence-corrected chi connectivity index (χ4v) is 2.24. The quantitative estimate of drug-likeness (QED) is 0.858. The summed E-state index contributed by atoms with van der Waals surface area (Å²) >= 11 is 0. The summed E-state index contributed by atoms with van der Waals surface area (Å²) in [6.07, 6.45) is 0. The summed E-state index contributed by atoms with van der Waals surface area (Å²) in [5, 5.41) is 8.82. The Labute approximate surface area is 101 Å². The fourth-order valence-electron chi connectivity index (χ4n) is 2.24. The van der Waals surface area contributed by atoms with Crippen LogP contribution in [0.1, 0.15) is 12.5 Å². The molecular weight excluding hydrogens is 218 g/mol. The number of nitrogens with zero attached hydrogens (tertiary/aromatic N) is 1. The van der Waals surface area contributed by atoms with E-state index < -0.39 is 11.6 Å². The van der Waals surface area contributed by atoms with E-state index in [-0.39, 0.29) is 6.54 Å². The van der Waals surface area contributed by atoms with E-state index in [2.05, 4.69) is 0 Å². The number of benzene rings is 1. The van der Waals surface area contributed by atoms with Gasteiger partial charge in [0.05, 0.1) is 13.2 Å². The third-order valence-electron chi connectivity index (χ3n) is 3.10. The van der Waals surface area contributed by atoms with E-state index in [0.29, 0.717) is 19.7 Å². The summed E-state index contributed by atoms with van der Waals surface area (Å²) in [4.78, 5) is 12.6. The van der Waals surface area contributed by atoms with Crippen LogP contribution in [0.3, 0.4) is 0 Å². The average Bonchev–Trinajstić information content (AvgIpc) is 2.29. The monoisotopic (exact) mass is 235 g/mol. The molecule has 1 atom stereocenters. The molecule has 92 valence electrons. The van der Waals surface area contributed by atoms with Crippen LogP contribution < -0.4 is 0 Å². The molecule has 0 radical (unpaired) electrons. The van der Waals surface area contributed by atoms with Gasteiger partial charge in [-0.25, -0.2) is 0 Å². The smallest absolute Gasteiger partial charge is 0.317 e. The van der Waals surface area contributed by atoms with Crippen LogP contribution in [0, 0.1) is 0 Å². The lowest BCUT2D eigenvalue weighted by atomic mass is 9.94. The Balaban J connectivity index is 2.12. The molecule has 0 aromatic heterocycles. The number of carbonyl (C=O) groups is 1. The Morgan fingerprint density at radius 3 is 2.82 bits per heavy atom. The van der Waals surface area contributed by atoms with Crippen LogP contribution in [0.15, 0.2) is 30.3 Å². The zero-order chi connectivity index (χ0) is 12.3. The number of rotatable bonds is 3. The van der Waals surface area contributed by atoms with Crippen LogP contribution in [0.4, 0.5) is 0 Å². The Bertz CT molecular complexity index is 393. The number of hydrogen-bond donors (Lipinski definition) is 1. The summed E-state index contributed by atoms with van der Waals surface area (Å²) < 4.78 is 5.83. The lowest BCUT2D eigenvalue weighted by Crippen LogP contribution is -2.49. The summed E-state index contributed by atoms with van der Waals surface area (Å²) in [5.74, 6) is -0.790. The molecule has 1 aromatic carbocycles. The second-order valence-electron chi connectivity index (χ2n) is 4.55. The van der Waals surface area contributed by atoms with E-state index >= 15 is 0 Å². The average molecular weight is 235 g/mol. The van der Waals surface area contributed by atoms with E-state index in [1.54, 1.807) is 0 Å². The molecule has 4 nitrogen and oxygen atoms in total. The van der Waals surface area contributed by atoms with Crippen molar-refractivity contribution in [3.05, 3.63) is 35.9 Å². The van der Waals surface area contributed by atoms with E-state index in [0.717, 1.165) is 5.56 Å². The molecule has 0 aliphatic carbocycles. The van der Waals surface area contributed by atoms with Crippen molar-refractivity contribution in [2.24, 2.45) is 0 Å². The summed E-state index contributed by atoms with van der Waals surface area (Å²) in [6, 6.07) is 9.94. The van der Waals surface area contributed by atoms with Gasteiger partial charge in [-0.2, -0.15) is 0 Å². The Hall–Kier alpha value is -1.39. The highest BCUT2D eigenvalue weighted by Crippen LogP contribution is 2.28. The molecule has 0 bridgehead atoms. The zero-order valence-corrected chi connectivity index (χ0v) is 9.93. The van der Waals surface area contributed by atoms with Crippen molar-refractivity contribution in [2.45, 2.75) is 12.5 Å². The Morgan fingerprint density at radius 2 is 2.18 bits per heavy atom. The topological polar surface area (TPSA) is 49.8 Å². The predicted molar refractivity (Wildman–Crippen MR) is 63.8 cm³/mol. The van der Waals surface area contributed by atoms with E-state index in [9.17, 15) is 4.79 Å². The highest BCUT2D eigenvalue weighted by Gasteiger charge is 2.34. The maximum atomic E-state index is 10.7. The molecule has 2 rings (SSSR count). The minimum absolute atomic E-state index is 0.0752. The third-order valence-corrected chi connectivity index (χ3v) is 3.10. The molecule has 1 heterocycles. The van der Waals surface area contributed by atoms with E-state index in [1.165, 1.54) is 0 Å². The Kier molecular flexibility index (Phi) is 3.45. The minimum atomic E-state index is -0.790. The standard InChI is InChI=1S/C13H17NO3/c1-13(11-5-3-2-4-6-11)10-14(7-8-17-13)9-12(15)16/h2-6H,7-10H2,1H3,(H,15,16)/t13-/m1/s1. The van der Waals surface area contributed by atoms with Gasteiger partial charge in [0, 0.05) is 13.1 Å². The van der Waals surface area contributed by atoms with Gasteiger partial charge in [-0.3, -0.25) is 9.69 Å². The van der Waals surface area contributed by atoms with Crippen molar-refractivity contribution in [2.75, 3.05) is 26.2 Å². The molecule has 1 saturated heterocycles. The van der Waals surface area contributed by atoms with E-state index in [1.807, 2.05) is 42.2 Å². The first-order valence-electron chi connectivity index (χ1n) is 5.74. The maximum Gasteiger partial charge on any atom is 0.317 e. The second-order valence-corrected chi connectivity index (χ2v) is 4.55. The fraction of sp³-hybridized carbons (Fsp3) is 0.462. The summed E-state index contributed by atoms with van der Waals surface area (Å²) in [6.45, 7) is 3.94. The maximum absolute atomic E-state index is 10.7. The summed E-state index contributed by atoms with van der Waals surface area (Å²) in [5.41, 5.74) is 0.685. The number of carboxylic acids is 1. The van der Waals surface area contributed by atoms with Gasteiger partial charge in [0.1, 0.15) is 5.60 Å². The Morgan fingerprint density at radius 1 is 1.47 bits per heavy atom. The third kappa shape index (κ3) is 2.84. The van der Waals surface area contributed by atoms with Crippen LogP contribution in [-0.2, 0) is 15.1 Å². The molecule has 0 spiro atoms. The molecule has 0 saturated carbocycles. The second kappa shape index (κ2) is 4.85. The van der Waals surface area contributed by atoms with Crippen LogP contribution in [0.5, 0.6) is 0 Å². The van der Waals surface area contributed by atoms with Gasteiger partial charge in [-0.05, 0) is 12.5 Å². The SMILES string of the molecule is C[C@]1(c2ccccc2)CN(CC(=O)O)CCO1. The molecular formula is C13H17NO3. The van der Waals surface area contributed by atoms with Crippen molar-refractivity contribution >= 4 is 5.97 Å². The first-order valence-corrected chi connectivity index (χ1v) is 5.74. The van der Waals surface area contributed by atoms with Gasteiger partial charge in [-0.15, -0.1) is 0 Å². The van der Waals surface area contributed by atoms with Crippen LogP contribution in [0.25, 0.3) is 0 Å². The molecule has 1 aliphatic rings. The molecule has 17 heavy (non-hydrogen) atoms. The molecule has 4 heteroatoms. The normalized spacial score (nSPS) is 25.7. The van der Waals surface area contributed by atoms with Crippen molar-refractivity contribution in [1.82, 2.24) is 4.90 Å². The number of hydrogen-bond acceptors (Lipinski definition) is 3. The molecule has 1 fully saturated rings. The molecule has 0 unspecified atom stereocenters. The van der Waals surface area contributed by atoms with Crippen molar-refractivity contribution < 1.29 is 14.6 Å². The largest absolute Gasteiger partial charge is 0.480 e. The van der Waals surface area contributed by atoms with Gasteiger partial charge in [0.2, 0.25) is 0 Å². The summed E-state index contributed by atoms with van der Waals surface area (Å²) in [7, 11) is 0. The van der Waals surface area contributed by atoms with Crippen LogP contribution in [0.2, 0.25) is 0 Å². The van der Waals surface area contributed by atoms with Gasteiger partial charge in [0.25, 0.3) is 0 Å². The van der Waals surface area contributed by atoms with Gasteiger partial charge in [0.15, 0.2) is 0 Å². The first-order chi connectivity index (χ1) is 8.10. The van der Waals surface area contributed by atoms with Crippen molar-refractivity contribution in [3.63, 3.8) is 0 Å². The van der Waals surface area contributed by atoms with Crippen molar-refractivity contribution in [3.8, 4) is 0 Å². The van der Waals surface area contributed by atoms with Crippen LogP contribution in [-0.4, -0.2) is 42.2 Å². The number of carboxylic acid groups (broad SMARTS) is 1. The zero-order valence-electron chi connectivity index (χ0n) is 9.93. The van der Waals surface area contributed by atoms with Gasteiger partial charge in [-0.1, -0.05) is 30.3 Å². The molecule has 1 aliphatic heterocycles. The molecule has 1 aromatic rings. The van der Waals surface area contributed by atoms with E-state index in [4.69, 9.17) is 9.84 Å². The highest BCUT2D eigenvalue weighted by molar-refractivity contribution is 5.69. The predicted octanol–water partition coefficient (Wildman–Crippen LogP) is 1.32. The van der Waals surface area contributed by atoms with Gasteiger partial charge < -0.3 is 9.84 Å². The van der Waals surface area contributed by atoms with Gasteiger partial charge >= 0.3 is 5.97 Å².